The number of aromatic nitrogens is 1. The van der Waals surface area contributed by atoms with Crippen molar-refractivity contribution in [3.05, 3.63) is 48.9 Å². The molecule has 0 amide bonds. The first-order valence-electron chi connectivity index (χ1n) is 9.29. The van der Waals surface area contributed by atoms with Gasteiger partial charge in [-0.3, -0.25) is 0 Å². The monoisotopic (exact) mass is 335 g/mol. The molecule has 0 aliphatic carbocycles. The van der Waals surface area contributed by atoms with Gasteiger partial charge in [-0.15, -0.1) is 0 Å². The number of piperidine rings is 1. The first-order valence-corrected chi connectivity index (χ1v) is 9.29. The summed E-state index contributed by atoms with van der Waals surface area (Å²) in [5.41, 5.74) is 4.13. The molecule has 1 aromatic carbocycles. The number of fused-ring (bicyclic) bond motifs is 1. The van der Waals surface area contributed by atoms with E-state index in [1.165, 1.54) is 44.3 Å². The quantitative estimate of drug-likeness (QED) is 0.658. The number of benzene rings is 1. The van der Waals surface area contributed by atoms with Crippen LogP contribution in [0, 0.1) is 0 Å². The fourth-order valence-electron chi connectivity index (χ4n) is 3.59. The summed E-state index contributed by atoms with van der Waals surface area (Å²) in [5, 5.41) is 4.81. The lowest BCUT2D eigenvalue weighted by atomic mass is 10.1. The molecule has 0 unspecified atom stereocenters. The number of furan rings is 1. The van der Waals surface area contributed by atoms with Gasteiger partial charge in [-0.2, -0.15) is 0 Å². The number of para-hydroxylation sites is 1. The maximum absolute atomic E-state index is 5.22. The number of rotatable bonds is 6. The van der Waals surface area contributed by atoms with E-state index in [0.29, 0.717) is 0 Å². The zero-order valence-corrected chi connectivity index (χ0v) is 14.6. The van der Waals surface area contributed by atoms with Gasteiger partial charge in [0.25, 0.3) is 0 Å². The van der Waals surface area contributed by atoms with Crippen LogP contribution < -0.4 is 5.32 Å². The Balaban J connectivity index is 1.47. The van der Waals surface area contributed by atoms with Crippen LogP contribution in [0.25, 0.3) is 22.2 Å². The van der Waals surface area contributed by atoms with Gasteiger partial charge in [-0.25, -0.2) is 4.98 Å². The fraction of sp³-hybridized carbons (Fsp3) is 0.381. The summed E-state index contributed by atoms with van der Waals surface area (Å²) >= 11 is 0. The van der Waals surface area contributed by atoms with Crippen LogP contribution >= 0.6 is 0 Å². The predicted octanol–water partition coefficient (Wildman–Crippen LogP) is 4.78. The largest absolute Gasteiger partial charge is 0.472 e. The standard InChI is InChI=1S/C21H25N3O/c1-4-11-24(12-5-1)13-6-10-22-21-15-20(17-9-14-25-16-17)23-19-8-3-2-7-18(19)21/h2-3,7-9,14-16H,1,4-6,10-13H2,(H,22,23). The van der Waals surface area contributed by atoms with Gasteiger partial charge in [0.1, 0.15) is 0 Å². The molecule has 1 N–H and O–H groups in total. The average molecular weight is 335 g/mol. The van der Waals surface area contributed by atoms with E-state index in [1.807, 2.05) is 12.1 Å². The molecule has 1 fully saturated rings. The Morgan fingerprint density at radius 1 is 1.08 bits per heavy atom. The van der Waals surface area contributed by atoms with Crippen LogP contribution in [-0.2, 0) is 0 Å². The predicted molar refractivity (Wildman–Crippen MR) is 103 cm³/mol. The van der Waals surface area contributed by atoms with Crippen LogP contribution in [0.5, 0.6) is 0 Å². The molecule has 4 nitrogen and oxygen atoms in total. The van der Waals surface area contributed by atoms with Crippen molar-refractivity contribution in [1.29, 1.82) is 0 Å². The Morgan fingerprint density at radius 3 is 2.80 bits per heavy atom. The minimum absolute atomic E-state index is 0.950. The zero-order valence-electron chi connectivity index (χ0n) is 14.6. The van der Waals surface area contributed by atoms with E-state index in [1.54, 1.807) is 12.5 Å². The summed E-state index contributed by atoms with van der Waals surface area (Å²) in [4.78, 5) is 7.36. The Hall–Kier alpha value is -2.33. The molecule has 0 spiro atoms. The van der Waals surface area contributed by atoms with Crippen molar-refractivity contribution >= 4 is 16.6 Å². The van der Waals surface area contributed by atoms with Crippen LogP contribution in [0.3, 0.4) is 0 Å². The van der Waals surface area contributed by atoms with Gasteiger partial charge >= 0.3 is 0 Å². The van der Waals surface area contributed by atoms with E-state index in [0.717, 1.165) is 35.4 Å². The number of nitrogens with zero attached hydrogens (tertiary/aromatic N) is 2. The summed E-state index contributed by atoms with van der Waals surface area (Å²) in [6, 6.07) is 12.4. The minimum atomic E-state index is 0.950. The zero-order chi connectivity index (χ0) is 16.9. The molecule has 1 saturated heterocycles. The summed E-state index contributed by atoms with van der Waals surface area (Å²) in [6.45, 7) is 4.70. The second kappa shape index (κ2) is 7.70. The summed E-state index contributed by atoms with van der Waals surface area (Å²) < 4.78 is 5.22. The van der Waals surface area contributed by atoms with Crippen molar-refractivity contribution in [2.75, 3.05) is 31.5 Å². The Morgan fingerprint density at radius 2 is 1.96 bits per heavy atom. The molecule has 25 heavy (non-hydrogen) atoms. The maximum Gasteiger partial charge on any atom is 0.0996 e. The topological polar surface area (TPSA) is 41.3 Å². The van der Waals surface area contributed by atoms with E-state index in [9.17, 15) is 0 Å². The second-order valence-electron chi connectivity index (χ2n) is 6.77. The van der Waals surface area contributed by atoms with Crippen LogP contribution in [0.4, 0.5) is 5.69 Å². The van der Waals surface area contributed by atoms with Crippen molar-refractivity contribution in [3.63, 3.8) is 0 Å². The fourth-order valence-corrected chi connectivity index (χ4v) is 3.59. The Bertz CT molecular complexity index is 807. The molecule has 3 aromatic rings. The summed E-state index contributed by atoms with van der Waals surface area (Å²) in [7, 11) is 0. The van der Waals surface area contributed by atoms with Crippen molar-refractivity contribution in [2.24, 2.45) is 0 Å². The van der Waals surface area contributed by atoms with Crippen LogP contribution in [0.1, 0.15) is 25.7 Å². The van der Waals surface area contributed by atoms with Crippen molar-refractivity contribution in [1.82, 2.24) is 9.88 Å². The third-order valence-corrected chi connectivity index (χ3v) is 4.95. The molecule has 0 radical (unpaired) electrons. The van der Waals surface area contributed by atoms with Crippen molar-refractivity contribution in [2.45, 2.75) is 25.7 Å². The van der Waals surface area contributed by atoms with Gasteiger partial charge in [0.2, 0.25) is 0 Å². The molecule has 3 heterocycles. The van der Waals surface area contributed by atoms with Crippen molar-refractivity contribution < 1.29 is 4.42 Å². The van der Waals surface area contributed by atoms with Gasteiger partial charge in [-0.05, 0) is 57.1 Å². The highest BCUT2D eigenvalue weighted by atomic mass is 16.3. The molecular weight excluding hydrogens is 310 g/mol. The number of likely N-dealkylation sites (tertiary alicyclic amines) is 1. The highest BCUT2D eigenvalue weighted by molar-refractivity contribution is 5.93. The molecular formula is C21H25N3O. The smallest absolute Gasteiger partial charge is 0.0996 e. The lowest BCUT2D eigenvalue weighted by molar-refractivity contribution is 0.228. The lowest BCUT2D eigenvalue weighted by Gasteiger charge is -2.26. The van der Waals surface area contributed by atoms with Gasteiger partial charge in [0.15, 0.2) is 0 Å². The van der Waals surface area contributed by atoms with E-state index >= 15 is 0 Å². The van der Waals surface area contributed by atoms with Gasteiger partial charge in [-0.1, -0.05) is 24.6 Å². The number of anilines is 1. The highest BCUT2D eigenvalue weighted by Gasteiger charge is 2.10. The van der Waals surface area contributed by atoms with Gasteiger partial charge in [0, 0.05) is 23.2 Å². The summed E-state index contributed by atoms with van der Waals surface area (Å²) in [6.07, 6.45) is 8.72. The first-order chi connectivity index (χ1) is 12.4. The van der Waals surface area contributed by atoms with E-state index in [4.69, 9.17) is 9.40 Å². The molecule has 4 heteroatoms. The first kappa shape index (κ1) is 16.2. The van der Waals surface area contributed by atoms with Gasteiger partial charge < -0.3 is 14.6 Å². The van der Waals surface area contributed by atoms with Gasteiger partial charge in [0.05, 0.1) is 23.7 Å². The summed E-state index contributed by atoms with van der Waals surface area (Å²) in [5.74, 6) is 0. The molecule has 0 bridgehead atoms. The molecule has 0 atom stereocenters. The second-order valence-corrected chi connectivity index (χ2v) is 6.77. The van der Waals surface area contributed by atoms with Crippen LogP contribution in [0.2, 0.25) is 0 Å². The van der Waals surface area contributed by atoms with E-state index in [2.05, 4.69) is 34.5 Å². The highest BCUT2D eigenvalue weighted by Crippen LogP contribution is 2.28. The molecule has 1 aliphatic rings. The lowest BCUT2D eigenvalue weighted by Crippen LogP contribution is -2.31. The number of nitrogens with one attached hydrogen (secondary N) is 1. The van der Waals surface area contributed by atoms with E-state index in [-0.39, 0.29) is 0 Å². The Labute approximate surface area is 148 Å². The maximum atomic E-state index is 5.22. The number of hydrogen-bond acceptors (Lipinski definition) is 4. The normalized spacial score (nSPS) is 15.5. The molecule has 2 aromatic heterocycles. The van der Waals surface area contributed by atoms with Crippen LogP contribution in [0.15, 0.2) is 53.3 Å². The molecule has 130 valence electrons. The Kier molecular flexibility index (Phi) is 4.98. The molecule has 0 saturated carbocycles. The third kappa shape index (κ3) is 3.85. The average Bonchev–Trinajstić information content (AvgIpc) is 3.20. The number of hydrogen-bond donors (Lipinski definition) is 1. The SMILES string of the molecule is c1ccc2c(NCCCN3CCCCC3)cc(-c3ccoc3)nc2c1. The van der Waals surface area contributed by atoms with Crippen LogP contribution in [-0.4, -0.2) is 36.1 Å². The molecule has 1 aliphatic heterocycles. The number of pyridine rings is 1. The molecule has 4 rings (SSSR count). The third-order valence-electron chi connectivity index (χ3n) is 4.95. The van der Waals surface area contributed by atoms with E-state index < -0.39 is 0 Å². The van der Waals surface area contributed by atoms with Crippen molar-refractivity contribution in [3.8, 4) is 11.3 Å². The minimum Gasteiger partial charge on any atom is -0.472 e.